The molecule has 154 valence electrons. The summed E-state index contributed by atoms with van der Waals surface area (Å²) in [5.74, 6) is -1.03. The minimum absolute atomic E-state index is 0.0900. The fourth-order valence-electron chi connectivity index (χ4n) is 4.73. The number of carbonyl (C=O) groups is 1. The number of rotatable bonds is 5. The van der Waals surface area contributed by atoms with Crippen LogP contribution in [0, 0.1) is 12.8 Å². The van der Waals surface area contributed by atoms with Crippen molar-refractivity contribution in [3.05, 3.63) is 17.5 Å². The number of pyridine rings is 1. The van der Waals surface area contributed by atoms with E-state index < -0.39 is 11.6 Å². The molecule has 1 spiro atoms. The quantitative estimate of drug-likeness (QED) is 0.703. The lowest BCUT2D eigenvalue weighted by atomic mass is 9.74. The molecule has 5 rings (SSSR count). The summed E-state index contributed by atoms with van der Waals surface area (Å²) in [6.45, 7) is 4.70. The first kappa shape index (κ1) is 18.4. The van der Waals surface area contributed by atoms with Gasteiger partial charge in [-0.1, -0.05) is 5.16 Å². The Labute approximate surface area is 167 Å². The molecular formula is C20H25N5O4. The zero-order chi connectivity index (χ0) is 20.3. The highest BCUT2D eigenvalue weighted by Gasteiger charge is 2.50. The van der Waals surface area contributed by atoms with Crippen molar-refractivity contribution in [2.24, 2.45) is 11.1 Å². The van der Waals surface area contributed by atoms with E-state index in [1.807, 2.05) is 24.7 Å². The lowest BCUT2D eigenvalue weighted by Crippen LogP contribution is -2.47. The van der Waals surface area contributed by atoms with E-state index >= 15 is 0 Å². The van der Waals surface area contributed by atoms with Gasteiger partial charge in [0.2, 0.25) is 0 Å². The Morgan fingerprint density at radius 2 is 2.17 bits per heavy atom. The first-order valence-corrected chi connectivity index (χ1v) is 10.2. The van der Waals surface area contributed by atoms with Crippen molar-refractivity contribution in [3.63, 3.8) is 0 Å². The summed E-state index contributed by atoms with van der Waals surface area (Å²) >= 11 is 0. The van der Waals surface area contributed by atoms with E-state index in [0.717, 1.165) is 33.7 Å². The lowest BCUT2D eigenvalue weighted by Gasteiger charge is -2.39. The van der Waals surface area contributed by atoms with Crippen molar-refractivity contribution in [1.82, 2.24) is 14.8 Å². The number of aryl methyl sites for hydroxylation is 2. The maximum absolute atomic E-state index is 11.2. The number of anilines is 1. The molecule has 0 aromatic carbocycles. The summed E-state index contributed by atoms with van der Waals surface area (Å²) < 4.78 is 1.87. The van der Waals surface area contributed by atoms with Crippen molar-refractivity contribution in [2.45, 2.75) is 70.2 Å². The summed E-state index contributed by atoms with van der Waals surface area (Å²) in [4.78, 5) is 21.6. The van der Waals surface area contributed by atoms with Crippen LogP contribution in [-0.4, -0.2) is 54.4 Å². The Morgan fingerprint density at radius 3 is 2.83 bits per heavy atom. The molecule has 0 bridgehead atoms. The van der Waals surface area contributed by atoms with Crippen LogP contribution in [0.1, 0.15) is 50.3 Å². The molecule has 0 saturated heterocycles. The molecule has 2 aromatic heterocycles. The zero-order valence-electron chi connectivity index (χ0n) is 16.6. The van der Waals surface area contributed by atoms with E-state index in [9.17, 15) is 15.0 Å². The minimum atomic E-state index is -0.739. The van der Waals surface area contributed by atoms with Gasteiger partial charge in [0.1, 0.15) is 5.60 Å². The minimum Gasteiger partial charge on any atom is -0.481 e. The average molecular weight is 399 g/mol. The van der Waals surface area contributed by atoms with Crippen LogP contribution < -0.4 is 5.32 Å². The molecule has 2 fully saturated rings. The Balaban J connectivity index is 1.52. The van der Waals surface area contributed by atoms with E-state index in [-0.39, 0.29) is 18.1 Å². The number of carboxylic acids is 1. The number of hydrogen-bond acceptors (Lipinski definition) is 7. The second-order valence-corrected chi connectivity index (χ2v) is 8.55. The smallest absolute Gasteiger partial charge is 0.306 e. The predicted molar refractivity (Wildman–Crippen MR) is 106 cm³/mol. The van der Waals surface area contributed by atoms with Crippen molar-refractivity contribution in [1.29, 1.82) is 0 Å². The highest BCUT2D eigenvalue weighted by molar-refractivity contribution is 6.11. The molecule has 1 aliphatic heterocycles. The van der Waals surface area contributed by atoms with Gasteiger partial charge in [-0.25, -0.2) is 9.67 Å². The van der Waals surface area contributed by atoms with Gasteiger partial charge in [0.15, 0.2) is 5.65 Å². The van der Waals surface area contributed by atoms with Crippen LogP contribution in [-0.2, 0) is 16.2 Å². The van der Waals surface area contributed by atoms with Gasteiger partial charge in [-0.05, 0) is 26.7 Å². The second-order valence-electron chi connectivity index (χ2n) is 8.55. The van der Waals surface area contributed by atoms with Crippen molar-refractivity contribution >= 4 is 28.4 Å². The van der Waals surface area contributed by atoms with Crippen LogP contribution in [0.5, 0.6) is 0 Å². The Morgan fingerprint density at radius 1 is 1.41 bits per heavy atom. The second kappa shape index (κ2) is 6.41. The number of aliphatic carboxylic acids is 1. The van der Waals surface area contributed by atoms with Crippen LogP contribution in [0.2, 0.25) is 0 Å². The monoisotopic (exact) mass is 399 g/mol. The van der Waals surface area contributed by atoms with Gasteiger partial charge >= 0.3 is 5.97 Å². The zero-order valence-corrected chi connectivity index (χ0v) is 16.6. The topological polar surface area (TPSA) is 122 Å². The molecule has 3 aliphatic rings. The van der Waals surface area contributed by atoms with Crippen LogP contribution in [0.15, 0.2) is 11.4 Å². The maximum Gasteiger partial charge on any atom is 0.306 e. The number of hydrogen-bond donors (Lipinski definition) is 3. The Kier molecular flexibility index (Phi) is 4.06. The Hall–Kier alpha value is -2.68. The maximum atomic E-state index is 11.2. The third-order valence-electron chi connectivity index (χ3n) is 6.44. The molecule has 29 heavy (non-hydrogen) atoms. The molecule has 2 aromatic rings. The predicted octanol–water partition coefficient (Wildman–Crippen LogP) is 2.05. The number of aromatic nitrogens is 3. The molecule has 0 amide bonds. The van der Waals surface area contributed by atoms with Gasteiger partial charge in [-0.3, -0.25) is 4.79 Å². The fourth-order valence-corrected chi connectivity index (χ4v) is 4.73. The first-order chi connectivity index (χ1) is 13.9. The molecule has 0 unspecified atom stereocenters. The number of aliphatic hydroxyl groups excluding tert-OH is 1. The van der Waals surface area contributed by atoms with E-state index in [1.54, 1.807) is 0 Å². The largest absolute Gasteiger partial charge is 0.481 e. The summed E-state index contributed by atoms with van der Waals surface area (Å²) in [5.41, 5.74) is 3.87. The van der Waals surface area contributed by atoms with Gasteiger partial charge < -0.3 is 20.4 Å². The first-order valence-electron chi connectivity index (χ1n) is 10.2. The van der Waals surface area contributed by atoms with E-state index in [4.69, 9.17) is 4.84 Å². The lowest BCUT2D eigenvalue weighted by molar-refractivity contribution is -0.144. The third kappa shape index (κ3) is 2.87. The van der Waals surface area contributed by atoms with Gasteiger partial charge in [0.05, 0.1) is 34.5 Å². The molecule has 0 atom stereocenters. The van der Waals surface area contributed by atoms with Gasteiger partial charge in [0, 0.05) is 43.6 Å². The molecule has 3 N–H and O–H groups in total. The molecule has 0 radical (unpaired) electrons. The van der Waals surface area contributed by atoms with Crippen LogP contribution in [0.25, 0.3) is 11.0 Å². The Bertz CT molecular complexity index is 1020. The molecule has 3 heterocycles. The van der Waals surface area contributed by atoms with Gasteiger partial charge in [-0.15, -0.1) is 0 Å². The summed E-state index contributed by atoms with van der Waals surface area (Å²) in [6, 6.07) is 0.0900. The molecule has 2 saturated carbocycles. The number of nitrogens with one attached hydrogen (secondary N) is 1. The van der Waals surface area contributed by atoms with Crippen LogP contribution in [0.3, 0.4) is 0 Å². The number of nitrogens with zero attached hydrogens (tertiary/aromatic N) is 4. The van der Waals surface area contributed by atoms with Gasteiger partial charge in [-0.2, -0.15) is 5.10 Å². The summed E-state index contributed by atoms with van der Waals surface area (Å²) in [5, 5.41) is 32.4. The molecular weight excluding hydrogens is 374 g/mol. The van der Waals surface area contributed by atoms with Crippen LogP contribution in [0.4, 0.5) is 5.69 Å². The van der Waals surface area contributed by atoms with E-state index in [0.29, 0.717) is 38.6 Å². The fraction of sp³-hybridized carbons (Fsp3) is 0.600. The van der Waals surface area contributed by atoms with Crippen LogP contribution >= 0.6 is 0 Å². The van der Waals surface area contributed by atoms with Crippen molar-refractivity contribution in [2.75, 3.05) is 5.32 Å². The molecule has 2 aliphatic carbocycles. The number of oxime groups is 1. The van der Waals surface area contributed by atoms with Crippen molar-refractivity contribution in [3.8, 4) is 0 Å². The third-order valence-corrected chi connectivity index (χ3v) is 6.44. The summed E-state index contributed by atoms with van der Waals surface area (Å²) in [7, 11) is 0. The molecule has 9 nitrogen and oxygen atoms in total. The number of carboxylic acid groups (broad SMARTS) is 1. The van der Waals surface area contributed by atoms with E-state index in [1.165, 1.54) is 0 Å². The molecule has 9 heteroatoms. The van der Waals surface area contributed by atoms with E-state index in [2.05, 4.69) is 20.6 Å². The van der Waals surface area contributed by atoms with Gasteiger partial charge in [0.25, 0.3) is 0 Å². The highest BCUT2D eigenvalue weighted by atomic mass is 16.7. The number of fused-ring (bicyclic) bond motifs is 1. The standard InChI is InChI=1S/C20H25N5O4/c1-3-25-18-16(10(2)23-25)17(22-12-4-11(5-12)19(27)28)14(9-21-18)15-8-20(29-24-15)6-13(26)7-20/h9,11-13,26H,3-8H2,1-2H3,(H,21,22)(H,27,28). The normalized spacial score (nSPS) is 30.6. The SMILES string of the molecule is CCn1nc(C)c2c(NC3CC(C(=O)O)C3)c(C3=NOC4(C3)CC(O)C4)cnc21. The van der Waals surface area contributed by atoms with Crippen molar-refractivity contribution < 1.29 is 19.8 Å². The summed E-state index contributed by atoms with van der Waals surface area (Å²) in [6.07, 6.45) is 4.49. The number of aliphatic hydroxyl groups is 1. The highest BCUT2D eigenvalue weighted by Crippen LogP contribution is 2.45. The average Bonchev–Trinajstić information content (AvgIpc) is 3.19.